The molecule has 0 atom stereocenters. The maximum Gasteiger partial charge on any atom is 0.191 e. The molecule has 2 N–H and O–H groups in total. The second kappa shape index (κ2) is 13.6. The highest BCUT2D eigenvalue weighted by atomic mass is 127. The molecule has 0 spiro atoms. The lowest BCUT2D eigenvalue weighted by Crippen LogP contribution is -2.41. The summed E-state index contributed by atoms with van der Waals surface area (Å²) in [5.41, 5.74) is 4.33. The number of nitrogens with one attached hydrogen (secondary N) is 2. The number of aryl methyl sites for hydroxylation is 1. The molecule has 2 aromatic carbocycles. The maximum atomic E-state index is 11.4. The Morgan fingerprint density at radius 3 is 2.29 bits per heavy atom. The van der Waals surface area contributed by atoms with Crippen LogP contribution in [0.1, 0.15) is 30.5 Å². The summed E-state index contributed by atoms with van der Waals surface area (Å²) >= 11 is 0. The van der Waals surface area contributed by atoms with Crippen molar-refractivity contribution in [2.75, 3.05) is 37.3 Å². The largest absolute Gasteiger partial charge is 0.370 e. The van der Waals surface area contributed by atoms with E-state index in [1.54, 1.807) is 0 Å². The molecule has 6 nitrogen and oxygen atoms in total. The lowest BCUT2D eigenvalue weighted by Gasteiger charge is -2.24. The summed E-state index contributed by atoms with van der Waals surface area (Å²) in [5, 5.41) is 6.68. The van der Waals surface area contributed by atoms with Crippen LogP contribution >= 0.6 is 24.0 Å². The highest BCUT2D eigenvalue weighted by Gasteiger charge is 2.06. The van der Waals surface area contributed by atoms with Gasteiger partial charge < -0.3 is 15.5 Å². The van der Waals surface area contributed by atoms with Gasteiger partial charge in [-0.05, 0) is 49.6 Å². The third kappa shape index (κ3) is 10.4. The Hall–Kier alpha value is -1.81. The van der Waals surface area contributed by atoms with Crippen molar-refractivity contribution in [1.29, 1.82) is 0 Å². The van der Waals surface area contributed by atoms with Crippen LogP contribution in [0, 0.1) is 6.92 Å². The van der Waals surface area contributed by atoms with E-state index in [0.717, 1.165) is 43.3 Å². The van der Waals surface area contributed by atoms with Crippen LogP contribution < -0.4 is 15.5 Å². The van der Waals surface area contributed by atoms with E-state index in [-0.39, 0.29) is 29.7 Å². The first-order valence-corrected chi connectivity index (χ1v) is 12.5. The van der Waals surface area contributed by atoms with Crippen molar-refractivity contribution in [2.45, 2.75) is 33.1 Å². The predicted molar refractivity (Wildman–Crippen MR) is 142 cm³/mol. The molecule has 0 aromatic heterocycles. The van der Waals surface area contributed by atoms with Gasteiger partial charge in [-0.3, -0.25) is 0 Å². The number of sulfone groups is 1. The molecular weight excluding hydrogens is 523 g/mol. The quantitative estimate of drug-likeness (QED) is 0.264. The Morgan fingerprint density at radius 1 is 1.03 bits per heavy atom. The number of benzene rings is 2. The highest BCUT2D eigenvalue weighted by molar-refractivity contribution is 14.0. The summed E-state index contributed by atoms with van der Waals surface area (Å²) in [5.74, 6) is 0.841. The SMILES string of the molecule is CCNC(=NCc1ccc(CS(C)(=O)=O)cc1)NCCN(CC)c1cccc(C)c1.I. The van der Waals surface area contributed by atoms with Gasteiger partial charge in [-0.15, -0.1) is 24.0 Å². The lowest BCUT2D eigenvalue weighted by atomic mass is 10.1. The number of anilines is 1. The molecule has 2 rings (SSSR count). The van der Waals surface area contributed by atoms with Gasteiger partial charge in [0, 0.05) is 38.1 Å². The lowest BCUT2D eigenvalue weighted by molar-refractivity contribution is 0.601. The molecule has 2 aromatic rings. The summed E-state index contributed by atoms with van der Waals surface area (Å²) < 4.78 is 22.8. The van der Waals surface area contributed by atoms with Gasteiger partial charge in [0.05, 0.1) is 12.3 Å². The standard InChI is InChI=1S/C23H34N4O2S.HI/c1-5-24-23(25-14-15-27(6-2)22-9-7-8-19(3)16-22)26-17-20-10-12-21(13-11-20)18-30(4,28)29;/h7-13,16H,5-6,14-15,17-18H2,1-4H3,(H2,24,25,26);1H. The van der Waals surface area contributed by atoms with Gasteiger partial charge in [-0.1, -0.05) is 36.4 Å². The minimum Gasteiger partial charge on any atom is -0.370 e. The first kappa shape index (κ1) is 27.2. The van der Waals surface area contributed by atoms with E-state index in [0.29, 0.717) is 6.54 Å². The van der Waals surface area contributed by atoms with Gasteiger partial charge >= 0.3 is 0 Å². The molecule has 0 aliphatic heterocycles. The van der Waals surface area contributed by atoms with Gasteiger partial charge in [-0.25, -0.2) is 13.4 Å². The summed E-state index contributed by atoms with van der Waals surface area (Å²) in [4.78, 5) is 6.99. The van der Waals surface area contributed by atoms with E-state index in [1.165, 1.54) is 17.5 Å². The zero-order valence-electron chi connectivity index (χ0n) is 18.9. The van der Waals surface area contributed by atoms with Crippen molar-refractivity contribution in [3.63, 3.8) is 0 Å². The van der Waals surface area contributed by atoms with Crippen LogP contribution in [0.3, 0.4) is 0 Å². The Morgan fingerprint density at radius 2 is 1.71 bits per heavy atom. The zero-order valence-corrected chi connectivity index (χ0v) is 22.0. The van der Waals surface area contributed by atoms with Gasteiger partial charge in [0.15, 0.2) is 15.8 Å². The van der Waals surface area contributed by atoms with Crippen LogP contribution in [0.5, 0.6) is 0 Å². The molecule has 0 aliphatic rings. The third-order valence-electron chi connectivity index (χ3n) is 4.64. The van der Waals surface area contributed by atoms with E-state index in [1.807, 2.05) is 31.2 Å². The molecule has 8 heteroatoms. The van der Waals surface area contributed by atoms with Crippen LogP contribution in [0.4, 0.5) is 5.69 Å². The highest BCUT2D eigenvalue weighted by Crippen LogP contribution is 2.15. The van der Waals surface area contributed by atoms with Crippen LogP contribution in [0.2, 0.25) is 0 Å². The van der Waals surface area contributed by atoms with Crippen LogP contribution in [-0.4, -0.2) is 46.8 Å². The molecule has 0 heterocycles. The molecule has 0 saturated heterocycles. The topological polar surface area (TPSA) is 73.8 Å². The first-order valence-electron chi connectivity index (χ1n) is 10.4. The Labute approximate surface area is 204 Å². The van der Waals surface area contributed by atoms with Crippen LogP contribution in [-0.2, 0) is 22.1 Å². The average molecular weight is 559 g/mol. The Balaban J connectivity index is 0.00000480. The second-order valence-corrected chi connectivity index (χ2v) is 9.57. The van der Waals surface area contributed by atoms with Crippen LogP contribution in [0.15, 0.2) is 53.5 Å². The molecule has 0 radical (unpaired) electrons. The van der Waals surface area contributed by atoms with Gasteiger partial charge in [0.2, 0.25) is 0 Å². The molecule has 0 aliphatic carbocycles. The number of guanidine groups is 1. The van der Waals surface area contributed by atoms with E-state index in [2.05, 4.69) is 58.6 Å². The molecule has 172 valence electrons. The predicted octanol–water partition coefficient (Wildman–Crippen LogP) is 3.74. The third-order valence-corrected chi connectivity index (χ3v) is 5.50. The first-order chi connectivity index (χ1) is 14.3. The molecular formula is C23H35IN4O2S. The molecule has 0 fully saturated rings. The minimum absolute atomic E-state index is 0. The van der Waals surface area contributed by atoms with Crippen molar-refractivity contribution in [3.05, 3.63) is 65.2 Å². The monoisotopic (exact) mass is 558 g/mol. The molecule has 0 unspecified atom stereocenters. The van der Waals surface area contributed by atoms with Crippen LogP contribution in [0.25, 0.3) is 0 Å². The number of hydrogen-bond acceptors (Lipinski definition) is 4. The van der Waals surface area contributed by atoms with Gasteiger partial charge in [0.25, 0.3) is 0 Å². The fourth-order valence-corrected chi connectivity index (χ4v) is 3.96. The normalized spacial score (nSPS) is 11.5. The van der Waals surface area contributed by atoms with Crippen molar-refractivity contribution >= 4 is 45.5 Å². The van der Waals surface area contributed by atoms with E-state index in [4.69, 9.17) is 0 Å². The summed E-state index contributed by atoms with van der Waals surface area (Å²) in [6, 6.07) is 16.1. The van der Waals surface area contributed by atoms with Gasteiger partial charge in [-0.2, -0.15) is 0 Å². The second-order valence-electron chi connectivity index (χ2n) is 7.43. The fourth-order valence-electron chi connectivity index (χ4n) is 3.16. The maximum absolute atomic E-state index is 11.4. The molecule has 0 saturated carbocycles. The number of halogens is 1. The summed E-state index contributed by atoms with van der Waals surface area (Å²) in [6.45, 7) is 10.2. The summed E-state index contributed by atoms with van der Waals surface area (Å²) in [6.07, 6.45) is 1.25. The van der Waals surface area contributed by atoms with Gasteiger partial charge in [0.1, 0.15) is 0 Å². The number of likely N-dealkylation sites (N-methyl/N-ethyl adjacent to an activating group) is 1. The Kier molecular flexibility index (Phi) is 11.9. The van der Waals surface area contributed by atoms with Crippen molar-refractivity contribution in [2.24, 2.45) is 4.99 Å². The van der Waals surface area contributed by atoms with Crippen molar-refractivity contribution in [1.82, 2.24) is 10.6 Å². The average Bonchev–Trinajstić information content (AvgIpc) is 2.69. The fraction of sp³-hybridized carbons (Fsp3) is 0.435. The number of rotatable bonds is 10. The molecule has 0 amide bonds. The van der Waals surface area contributed by atoms with Crippen molar-refractivity contribution < 1.29 is 8.42 Å². The molecule has 0 bridgehead atoms. The zero-order chi connectivity index (χ0) is 22.0. The van der Waals surface area contributed by atoms with E-state index >= 15 is 0 Å². The van der Waals surface area contributed by atoms with E-state index < -0.39 is 9.84 Å². The number of aliphatic imine (C=N–C) groups is 1. The van der Waals surface area contributed by atoms with E-state index in [9.17, 15) is 8.42 Å². The number of nitrogens with zero attached hydrogens (tertiary/aromatic N) is 2. The summed E-state index contributed by atoms with van der Waals surface area (Å²) in [7, 11) is -3.02. The number of hydrogen-bond donors (Lipinski definition) is 2. The minimum atomic E-state index is -3.02. The smallest absolute Gasteiger partial charge is 0.191 e. The van der Waals surface area contributed by atoms with Crippen molar-refractivity contribution in [3.8, 4) is 0 Å². The molecule has 31 heavy (non-hydrogen) atoms. The Bertz CT molecular complexity index is 931.